The van der Waals surface area contributed by atoms with Crippen LogP contribution in [0, 0.1) is 0 Å². The number of methoxy groups -OCH3 is 1. The third kappa shape index (κ3) is 1.04. The number of carbonyl (C=O) groups is 1. The second-order valence-electron chi connectivity index (χ2n) is 1.50. The highest BCUT2D eigenvalue weighted by Crippen LogP contribution is 1.76. The largest absolute Gasteiger partial charge is 0.450 e. The van der Waals surface area contributed by atoms with Crippen molar-refractivity contribution in [2.45, 2.75) is 0 Å². The molecule has 6 heteroatoms. The summed E-state index contributed by atoms with van der Waals surface area (Å²) in [5, 5.41) is 5.46. The summed E-state index contributed by atoms with van der Waals surface area (Å²) in [7, 11) is 1.20. The van der Waals surface area contributed by atoms with Gasteiger partial charge < -0.3 is 4.74 Å². The minimum absolute atomic E-state index is 0.439. The molecule has 1 N–H and O–H groups in total. The third-order valence-corrected chi connectivity index (χ3v) is 0.854. The summed E-state index contributed by atoms with van der Waals surface area (Å²) in [4.78, 5) is 21.6. The van der Waals surface area contributed by atoms with Gasteiger partial charge in [-0.15, -0.1) is 5.10 Å². The van der Waals surface area contributed by atoms with Crippen molar-refractivity contribution in [2.24, 2.45) is 0 Å². The van der Waals surface area contributed by atoms with Gasteiger partial charge in [-0.2, -0.15) is 0 Å². The molecule has 0 aliphatic heterocycles. The third-order valence-electron chi connectivity index (χ3n) is 0.854. The summed E-state index contributed by atoms with van der Waals surface area (Å²) in [5.74, 6) is 0. The quantitative estimate of drug-likeness (QED) is 0.515. The maximum atomic E-state index is 10.5. The van der Waals surface area contributed by atoms with E-state index in [1.807, 2.05) is 0 Å². The van der Waals surface area contributed by atoms with E-state index in [2.05, 4.69) is 14.9 Å². The van der Waals surface area contributed by atoms with E-state index >= 15 is 0 Å². The molecular formula is C4H5N3O3. The molecular weight excluding hydrogens is 138 g/mol. The smallest absolute Gasteiger partial charge is 0.450 e. The first-order valence-electron chi connectivity index (χ1n) is 2.46. The summed E-state index contributed by atoms with van der Waals surface area (Å²) >= 11 is 0. The highest BCUT2D eigenvalue weighted by atomic mass is 16.5. The second kappa shape index (κ2) is 2.34. The van der Waals surface area contributed by atoms with Crippen LogP contribution < -0.4 is 5.56 Å². The standard InChI is InChI=1S/C4H5N3O3/c1-10-4(9)7-5-2-3(8)6-7/h2H,1H3,(H,6,8). The molecule has 1 aromatic heterocycles. The maximum Gasteiger partial charge on any atom is 0.450 e. The number of nitrogens with one attached hydrogen (secondary N) is 1. The average Bonchev–Trinajstić information content (AvgIpc) is 2.34. The molecule has 0 aliphatic rings. The Balaban J connectivity index is 2.95. The molecule has 0 radical (unpaired) electrons. The van der Waals surface area contributed by atoms with Crippen molar-refractivity contribution in [1.29, 1.82) is 0 Å². The molecule has 0 aliphatic carbocycles. The molecule has 1 aromatic rings. The number of aromatic amines is 1. The number of carbonyl (C=O) groups excluding carboxylic acids is 1. The summed E-state index contributed by atoms with van der Waals surface area (Å²) in [5.41, 5.74) is -0.439. The van der Waals surface area contributed by atoms with Crippen molar-refractivity contribution < 1.29 is 9.53 Å². The Morgan fingerprint density at radius 3 is 3.00 bits per heavy atom. The van der Waals surface area contributed by atoms with Gasteiger partial charge in [0.05, 0.1) is 7.11 Å². The maximum absolute atomic E-state index is 10.5. The van der Waals surface area contributed by atoms with Gasteiger partial charge in [0, 0.05) is 0 Å². The number of ether oxygens (including phenoxy) is 1. The van der Waals surface area contributed by atoms with E-state index in [9.17, 15) is 9.59 Å². The predicted octanol–water partition coefficient (Wildman–Crippen LogP) is -0.814. The van der Waals surface area contributed by atoms with Gasteiger partial charge in [-0.05, 0) is 0 Å². The van der Waals surface area contributed by atoms with Crippen molar-refractivity contribution in [1.82, 2.24) is 15.0 Å². The van der Waals surface area contributed by atoms with Crippen LogP contribution in [0.15, 0.2) is 11.0 Å². The van der Waals surface area contributed by atoms with E-state index < -0.39 is 11.7 Å². The molecule has 1 heterocycles. The van der Waals surface area contributed by atoms with E-state index in [1.165, 1.54) is 7.11 Å². The van der Waals surface area contributed by atoms with Crippen LogP contribution in [0.2, 0.25) is 0 Å². The number of hydrogen-bond acceptors (Lipinski definition) is 4. The number of nitrogens with zero attached hydrogens (tertiary/aromatic N) is 2. The fourth-order valence-electron chi connectivity index (χ4n) is 0.452. The van der Waals surface area contributed by atoms with Gasteiger partial charge >= 0.3 is 6.09 Å². The summed E-state index contributed by atoms with van der Waals surface area (Å²) in [6.45, 7) is 0. The summed E-state index contributed by atoms with van der Waals surface area (Å²) < 4.78 is 4.24. The molecule has 0 aromatic carbocycles. The highest BCUT2D eigenvalue weighted by Gasteiger charge is 2.02. The second-order valence-corrected chi connectivity index (χ2v) is 1.50. The van der Waals surface area contributed by atoms with E-state index in [0.717, 1.165) is 6.20 Å². The predicted molar refractivity (Wildman–Crippen MR) is 30.7 cm³/mol. The Morgan fingerprint density at radius 1 is 1.90 bits per heavy atom. The minimum atomic E-state index is -0.720. The molecule has 0 amide bonds. The van der Waals surface area contributed by atoms with Crippen LogP contribution in [0.5, 0.6) is 0 Å². The topological polar surface area (TPSA) is 77.0 Å². The van der Waals surface area contributed by atoms with Crippen LogP contribution >= 0.6 is 0 Å². The number of aromatic nitrogens is 3. The van der Waals surface area contributed by atoms with E-state index in [1.54, 1.807) is 0 Å². The Morgan fingerprint density at radius 2 is 2.60 bits per heavy atom. The molecule has 6 nitrogen and oxygen atoms in total. The fraction of sp³-hybridized carbons (Fsp3) is 0.250. The van der Waals surface area contributed by atoms with Gasteiger partial charge in [0.2, 0.25) is 0 Å². The van der Waals surface area contributed by atoms with Crippen LogP contribution in [0.4, 0.5) is 4.79 Å². The molecule has 0 fully saturated rings. The Labute approximate surface area is 55.4 Å². The highest BCUT2D eigenvalue weighted by molar-refractivity contribution is 5.67. The average molecular weight is 143 g/mol. The minimum Gasteiger partial charge on any atom is -0.450 e. The summed E-state index contributed by atoms with van der Waals surface area (Å²) in [6.07, 6.45) is 0.263. The zero-order valence-electron chi connectivity index (χ0n) is 5.20. The van der Waals surface area contributed by atoms with Crippen LogP contribution in [-0.4, -0.2) is 28.2 Å². The first-order valence-corrected chi connectivity index (χ1v) is 2.46. The molecule has 0 spiro atoms. The first-order chi connectivity index (χ1) is 4.74. The lowest BCUT2D eigenvalue weighted by Crippen LogP contribution is -2.16. The lowest BCUT2D eigenvalue weighted by Gasteiger charge is -1.93. The molecule has 1 rings (SSSR count). The Kier molecular flexibility index (Phi) is 1.53. The van der Waals surface area contributed by atoms with Crippen LogP contribution in [0.3, 0.4) is 0 Å². The Hall–Kier alpha value is -1.59. The van der Waals surface area contributed by atoms with E-state index in [-0.39, 0.29) is 0 Å². The van der Waals surface area contributed by atoms with Gasteiger partial charge in [-0.25, -0.2) is 9.89 Å². The van der Waals surface area contributed by atoms with Gasteiger partial charge in [0.25, 0.3) is 5.56 Å². The van der Waals surface area contributed by atoms with Crippen LogP contribution in [0.1, 0.15) is 0 Å². The normalized spacial score (nSPS) is 9.30. The number of hydrogen-bond donors (Lipinski definition) is 1. The Bertz CT molecular complexity index is 286. The van der Waals surface area contributed by atoms with Crippen LogP contribution in [0.25, 0.3) is 0 Å². The molecule has 54 valence electrons. The van der Waals surface area contributed by atoms with Gasteiger partial charge in [-0.1, -0.05) is 4.80 Å². The SMILES string of the molecule is COC(=O)n1ncc(=O)[nH]1. The first kappa shape index (κ1) is 6.53. The number of H-pyrrole nitrogens is 1. The van der Waals surface area contributed by atoms with Crippen molar-refractivity contribution in [3.63, 3.8) is 0 Å². The summed E-state index contributed by atoms with van der Waals surface area (Å²) in [6, 6.07) is 0. The molecule has 0 unspecified atom stereocenters. The van der Waals surface area contributed by atoms with Crippen molar-refractivity contribution in [3.8, 4) is 0 Å². The van der Waals surface area contributed by atoms with Crippen molar-refractivity contribution >= 4 is 6.09 Å². The van der Waals surface area contributed by atoms with Crippen molar-refractivity contribution in [2.75, 3.05) is 7.11 Å². The van der Waals surface area contributed by atoms with E-state index in [4.69, 9.17) is 0 Å². The van der Waals surface area contributed by atoms with Gasteiger partial charge in [0.15, 0.2) is 0 Å². The molecule has 0 saturated heterocycles. The van der Waals surface area contributed by atoms with Gasteiger partial charge in [-0.3, -0.25) is 4.79 Å². The molecule has 10 heavy (non-hydrogen) atoms. The van der Waals surface area contributed by atoms with E-state index in [0.29, 0.717) is 4.80 Å². The van der Waals surface area contributed by atoms with Crippen molar-refractivity contribution in [3.05, 3.63) is 16.6 Å². The van der Waals surface area contributed by atoms with Crippen LogP contribution in [-0.2, 0) is 4.74 Å². The zero-order chi connectivity index (χ0) is 7.56. The lowest BCUT2D eigenvalue weighted by molar-refractivity contribution is 0.164. The number of rotatable bonds is 0. The zero-order valence-corrected chi connectivity index (χ0v) is 5.20. The van der Waals surface area contributed by atoms with Gasteiger partial charge in [0.1, 0.15) is 6.20 Å². The fourth-order valence-corrected chi connectivity index (χ4v) is 0.452. The monoisotopic (exact) mass is 143 g/mol. The molecule has 0 saturated carbocycles. The molecule has 0 bridgehead atoms. The molecule has 0 atom stereocenters. The lowest BCUT2D eigenvalue weighted by atomic mass is 10.9.